The highest BCUT2D eigenvalue weighted by atomic mass is 16.5. The summed E-state index contributed by atoms with van der Waals surface area (Å²) in [5.41, 5.74) is 2.58. The molecule has 2 aromatic rings. The summed E-state index contributed by atoms with van der Waals surface area (Å²) in [5.74, 6) is 1.90. The molecule has 0 radical (unpaired) electrons. The smallest absolute Gasteiger partial charge is 0.137 e. The molecular weight excluding hydrogens is 312 g/mol. The summed E-state index contributed by atoms with van der Waals surface area (Å²) in [6, 6.07) is 10.7. The third-order valence-electron chi connectivity index (χ3n) is 5.09. The van der Waals surface area contributed by atoms with E-state index >= 15 is 0 Å². The Morgan fingerprint density at radius 2 is 2.16 bits per heavy atom. The minimum Gasteiger partial charge on any atom is -0.493 e. The van der Waals surface area contributed by atoms with E-state index in [0.29, 0.717) is 0 Å². The number of benzene rings is 1. The predicted molar refractivity (Wildman–Crippen MR) is 98.0 cm³/mol. The molecule has 0 bridgehead atoms. The van der Waals surface area contributed by atoms with Gasteiger partial charge in [0.25, 0.3) is 0 Å². The van der Waals surface area contributed by atoms with Crippen molar-refractivity contribution in [3.63, 3.8) is 0 Å². The molecule has 1 saturated heterocycles. The summed E-state index contributed by atoms with van der Waals surface area (Å²) in [5, 5.41) is 0. The Balaban J connectivity index is 1.39. The van der Waals surface area contributed by atoms with Crippen LogP contribution in [0.4, 0.5) is 0 Å². The zero-order valence-corrected chi connectivity index (χ0v) is 14.4. The average molecular weight is 336 g/mol. The fraction of sp³-hybridized carbons (Fsp3) is 0.381. The van der Waals surface area contributed by atoms with Crippen LogP contribution in [-0.4, -0.2) is 35.7 Å². The third-order valence-corrected chi connectivity index (χ3v) is 5.09. The second-order valence-electron chi connectivity index (χ2n) is 6.69. The van der Waals surface area contributed by atoms with Crippen molar-refractivity contribution in [1.82, 2.24) is 9.88 Å². The van der Waals surface area contributed by atoms with Crippen LogP contribution >= 0.6 is 0 Å². The van der Waals surface area contributed by atoms with E-state index in [9.17, 15) is 0 Å². The van der Waals surface area contributed by atoms with E-state index < -0.39 is 0 Å². The number of fused-ring (bicyclic) bond motifs is 1. The Kier molecular flexibility index (Phi) is 4.70. The fourth-order valence-electron chi connectivity index (χ4n) is 3.74. The molecule has 2 aliphatic heterocycles. The van der Waals surface area contributed by atoms with Crippen molar-refractivity contribution in [2.45, 2.75) is 31.4 Å². The van der Waals surface area contributed by atoms with Gasteiger partial charge >= 0.3 is 0 Å². The number of pyridine rings is 1. The zero-order chi connectivity index (χ0) is 17.1. The maximum Gasteiger partial charge on any atom is 0.137 e. The summed E-state index contributed by atoms with van der Waals surface area (Å²) < 4.78 is 11.8. The number of piperidine rings is 1. The van der Waals surface area contributed by atoms with Crippen molar-refractivity contribution >= 4 is 0 Å². The van der Waals surface area contributed by atoms with Crippen molar-refractivity contribution < 1.29 is 9.47 Å². The number of nitrogens with zero attached hydrogens (tertiary/aromatic N) is 2. The van der Waals surface area contributed by atoms with Crippen molar-refractivity contribution in [2.24, 2.45) is 0 Å². The number of hydrogen-bond acceptors (Lipinski definition) is 4. The second-order valence-corrected chi connectivity index (χ2v) is 6.69. The predicted octanol–water partition coefficient (Wildman–Crippen LogP) is 3.79. The monoisotopic (exact) mass is 336 g/mol. The molecule has 1 aromatic carbocycles. The van der Waals surface area contributed by atoms with Gasteiger partial charge in [-0.3, -0.25) is 9.88 Å². The van der Waals surface area contributed by atoms with Crippen LogP contribution in [0.3, 0.4) is 0 Å². The third kappa shape index (κ3) is 3.54. The van der Waals surface area contributed by atoms with Gasteiger partial charge in [-0.05, 0) is 42.2 Å². The Labute approximate surface area is 149 Å². The molecule has 4 heteroatoms. The molecular formula is C21H24N2O2. The molecule has 0 saturated carbocycles. The number of hydrogen-bond donors (Lipinski definition) is 0. The van der Waals surface area contributed by atoms with E-state index in [-0.39, 0.29) is 12.1 Å². The van der Waals surface area contributed by atoms with Crippen LogP contribution in [0.15, 0.2) is 55.4 Å². The molecule has 1 fully saturated rings. The first-order valence-corrected chi connectivity index (χ1v) is 9.02. The molecule has 1 atom stereocenters. The molecule has 2 aliphatic rings. The van der Waals surface area contributed by atoms with Crippen LogP contribution in [0.25, 0.3) is 0 Å². The summed E-state index contributed by atoms with van der Waals surface area (Å²) in [7, 11) is 0. The van der Waals surface area contributed by atoms with Gasteiger partial charge in [-0.15, -0.1) is 6.58 Å². The lowest BCUT2D eigenvalue weighted by molar-refractivity contribution is 0.0862. The summed E-state index contributed by atoms with van der Waals surface area (Å²) in [4.78, 5) is 6.59. The number of aromatic nitrogens is 1. The first-order chi connectivity index (χ1) is 12.3. The SMILES string of the molecule is C=CC(c1ccc2c(c1)OCC2)N1CCC(Oc2cccnc2)CC1. The van der Waals surface area contributed by atoms with E-state index in [2.05, 4.69) is 34.7 Å². The quantitative estimate of drug-likeness (QED) is 0.778. The minimum atomic E-state index is 0.230. The van der Waals surface area contributed by atoms with Gasteiger partial charge in [-0.1, -0.05) is 18.2 Å². The maximum absolute atomic E-state index is 6.05. The van der Waals surface area contributed by atoms with E-state index in [1.807, 2.05) is 18.2 Å². The molecule has 0 spiro atoms. The average Bonchev–Trinajstić information content (AvgIpc) is 3.12. The fourth-order valence-corrected chi connectivity index (χ4v) is 3.74. The molecule has 0 aliphatic carbocycles. The van der Waals surface area contributed by atoms with E-state index in [0.717, 1.165) is 50.5 Å². The van der Waals surface area contributed by atoms with Crippen LogP contribution in [0.1, 0.15) is 30.0 Å². The van der Waals surface area contributed by atoms with Crippen molar-refractivity contribution in [3.05, 3.63) is 66.5 Å². The number of ether oxygens (including phenoxy) is 2. The first kappa shape index (κ1) is 16.2. The van der Waals surface area contributed by atoms with Crippen LogP contribution < -0.4 is 9.47 Å². The molecule has 0 amide bonds. The van der Waals surface area contributed by atoms with Crippen LogP contribution in [0, 0.1) is 0 Å². The van der Waals surface area contributed by atoms with Crippen LogP contribution in [0.2, 0.25) is 0 Å². The standard InChI is InChI=1S/C21H24N2O2/c1-2-20(17-6-5-16-9-13-24-21(16)14-17)23-11-7-18(8-12-23)25-19-4-3-10-22-15-19/h2-6,10,14-15,18,20H,1,7-9,11-13H2. The molecule has 3 heterocycles. The zero-order valence-electron chi connectivity index (χ0n) is 14.4. The van der Waals surface area contributed by atoms with Crippen LogP contribution in [0.5, 0.6) is 11.5 Å². The van der Waals surface area contributed by atoms with Crippen molar-refractivity contribution in [3.8, 4) is 11.5 Å². The van der Waals surface area contributed by atoms with Crippen molar-refractivity contribution in [2.75, 3.05) is 19.7 Å². The Morgan fingerprint density at radius 1 is 1.28 bits per heavy atom. The lowest BCUT2D eigenvalue weighted by atomic mass is 9.99. The molecule has 25 heavy (non-hydrogen) atoms. The topological polar surface area (TPSA) is 34.6 Å². The molecule has 1 unspecified atom stereocenters. The highest BCUT2D eigenvalue weighted by molar-refractivity contribution is 5.42. The lowest BCUT2D eigenvalue weighted by Crippen LogP contribution is -2.39. The summed E-state index contributed by atoms with van der Waals surface area (Å²) >= 11 is 0. The summed E-state index contributed by atoms with van der Waals surface area (Å²) in [6.07, 6.45) is 8.90. The van der Waals surface area contributed by atoms with E-state index in [4.69, 9.17) is 9.47 Å². The highest BCUT2D eigenvalue weighted by Gasteiger charge is 2.26. The Bertz CT molecular complexity index is 724. The largest absolute Gasteiger partial charge is 0.493 e. The maximum atomic E-state index is 6.05. The molecule has 130 valence electrons. The minimum absolute atomic E-state index is 0.230. The van der Waals surface area contributed by atoms with Gasteiger partial charge in [0.2, 0.25) is 0 Å². The van der Waals surface area contributed by atoms with Crippen LogP contribution in [-0.2, 0) is 6.42 Å². The van der Waals surface area contributed by atoms with Gasteiger partial charge in [0.15, 0.2) is 0 Å². The number of rotatable bonds is 5. The molecule has 0 N–H and O–H groups in total. The lowest BCUT2D eigenvalue weighted by Gasteiger charge is -2.36. The van der Waals surface area contributed by atoms with Gasteiger partial charge in [-0.25, -0.2) is 0 Å². The van der Waals surface area contributed by atoms with Gasteiger partial charge < -0.3 is 9.47 Å². The Hall–Kier alpha value is -2.33. The van der Waals surface area contributed by atoms with E-state index in [1.165, 1.54) is 11.1 Å². The second kappa shape index (κ2) is 7.28. The highest BCUT2D eigenvalue weighted by Crippen LogP contribution is 2.32. The molecule has 4 rings (SSSR count). The van der Waals surface area contributed by atoms with Crippen molar-refractivity contribution in [1.29, 1.82) is 0 Å². The van der Waals surface area contributed by atoms with Gasteiger partial charge in [0, 0.05) is 25.7 Å². The van der Waals surface area contributed by atoms with Gasteiger partial charge in [-0.2, -0.15) is 0 Å². The van der Waals surface area contributed by atoms with Gasteiger partial charge in [0.1, 0.15) is 17.6 Å². The summed E-state index contributed by atoms with van der Waals surface area (Å²) in [6.45, 7) is 6.87. The first-order valence-electron chi connectivity index (χ1n) is 9.02. The Morgan fingerprint density at radius 3 is 2.92 bits per heavy atom. The van der Waals surface area contributed by atoms with E-state index in [1.54, 1.807) is 12.4 Å². The molecule has 4 nitrogen and oxygen atoms in total. The number of likely N-dealkylation sites (tertiary alicyclic amines) is 1. The normalized spacial score (nSPS) is 19.0. The molecule has 1 aromatic heterocycles. The van der Waals surface area contributed by atoms with Gasteiger partial charge in [0.05, 0.1) is 18.8 Å².